The maximum atomic E-state index is 12.6. The number of likely N-dealkylation sites (N-methyl/N-ethyl adjacent to an activating group) is 1. The first-order chi connectivity index (χ1) is 10.8. The first-order valence-corrected chi connectivity index (χ1v) is 8.67. The van der Waals surface area contributed by atoms with Crippen LogP contribution in [0.4, 0.5) is 0 Å². The first kappa shape index (κ1) is 17.5. The zero-order valence-electron chi connectivity index (χ0n) is 13.7. The van der Waals surface area contributed by atoms with Crippen molar-refractivity contribution in [3.05, 3.63) is 47.9 Å². The second kappa shape index (κ2) is 7.16. The number of aryl methyl sites for hydroxylation is 1. The fraction of sp³-hybridized carbons (Fsp3) is 0.375. The van der Waals surface area contributed by atoms with Gasteiger partial charge in [0, 0.05) is 6.54 Å². The van der Waals surface area contributed by atoms with E-state index in [1.807, 2.05) is 38.1 Å². The maximum Gasteiger partial charge on any atom is 0.244 e. The van der Waals surface area contributed by atoms with Crippen LogP contribution in [-0.2, 0) is 10.0 Å². The van der Waals surface area contributed by atoms with Crippen LogP contribution in [0.25, 0.3) is 0 Å². The van der Waals surface area contributed by atoms with Gasteiger partial charge in [-0.15, -0.1) is 0 Å². The van der Waals surface area contributed by atoms with Gasteiger partial charge < -0.3 is 9.15 Å². The van der Waals surface area contributed by atoms with Gasteiger partial charge >= 0.3 is 0 Å². The molecule has 1 heterocycles. The summed E-state index contributed by atoms with van der Waals surface area (Å²) < 4.78 is 38.4. The Balaban J connectivity index is 2.23. The molecule has 0 amide bonds. The monoisotopic (exact) mass is 338 g/mol. The van der Waals surface area contributed by atoms with Crippen molar-refractivity contribution < 1.29 is 17.6 Å². The lowest BCUT2D eigenvalue weighted by molar-refractivity contribution is 0.259. The predicted molar refractivity (Wildman–Crippen MR) is 88.1 cm³/mol. The third-order valence-corrected chi connectivity index (χ3v) is 5.02. The van der Waals surface area contributed by atoms with E-state index in [9.17, 15) is 8.42 Å². The van der Waals surface area contributed by atoms with Gasteiger partial charge in [-0.3, -0.25) is 4.90 Å². The average Bonchev–Trinajstić information content (AvgIpc) is 3.01. The van der Waals surface area contributed by atoms with Gasteiger partial charge in [-0.1, -0.05) is 6.07 Å². The smallest absolute Gasteiger partial charge is 0.244 e. The van der Waals surface area contributed by atoms with Crippen LogP contribution in [0.3, 0.4) is 0 Å². The highest BCUT2D eigenvalue weighted by Crippen LogP contribution is 2.25. The van der Waals surface area contributed by atoms with E-state index in [-0.39, 0.29) is 17.5 Å². The Morgan fingerprint density at radius 3 is 2.61 bits per heavy atom. The van der Waals surface area contributed by atoms with Crippen LogP contribution in [0.5, 0.6) is 5.75 Å². The molecule has 0 saturated carbocycles. The largest absolute Gasteiger partial charge is 0.495 e. The first-order valence-electron chi connectivity index (χ1n) is 7.19. The summed E-state index contributed by atoms with van der Waals surface area (Å²) in [7, 11) is 1.50. The number of ether oxygens (including phenoxy) is 1. The Morgan fingerprint density at radius 1 is 1.30 bits per heavy atom. The number of sulfonamides is 1. The quantitative estimate of drug-likeness (QED) is 0.838. The Bertz CT molecular complexity index is 739. The van der Waals surface area contributed by atoms with E-state index in [0.717, 1.165) is 5.56 Å². The van der Waals surface area contributed by atoms with Crippen molar-refractivity contribution in [2.24, 2.45) is 0 Å². The van der Waals surface area contributed by atoms with Crippen LogP contribution in [-0.4, -0.2) is 41.1 Å². The molecule has 0 unspecified atom stereocenters. The van der Waals surface area contributed by atoms with Gasteiger partial charge in [0.05, 0.1) is 19.4 Å². The standard InChI is InChI=1S/C16H22N2O4S/c1-12-7-8-15(21-4)16(10-12)23(19,20)17-11-13(18(2)3)14-6-5-9-22-14/h5-10,13,17H,11H2,1-4H3/t13-/m0/s1. The van der Waals surface area contributed by atoms with Crippen molar-refractivity contribution in [1.29, 1.82) is 0 Å². The predicted octanol–water partition coefficient (Wildman–Crippen LogP) is 2.18. The summed E-state index contributed by atoms with van der Waals surface area (Å²) in [5.74, 6) is 1.02. The lowest BCUT2D eigenvalue weighted by atomic mass is 10.2. The highest BCUT2D eigenvalue weighted by Gasteiger charge is 2.24. The fourth-order valence-electron chi connectivity index (χ4n) is 2.28. The summed E-state index contributed by atoms with van der Waals surface area (Å²) >= 11 is 0. The van der Waals surface area contributed by atoms with E-state index >= 15 is 0 Å². The second-order valence-electron chi connectivity index (χ2n) is 5.50. The molecule has 23 heavy (non-hydrogen) atoms. The Hall–Kier alpha value is -1.83. The van der Waals surface area contributed by atoms with E-state index in [2.05, 4.69) is 4.72 Å². The maximum absolute atomic E-state index is 12.6. The summed E-state index contributed by atoms with van der Waals surface area (Å²) in [5, 5.41) is 0. The van der Waals surface area contributed by atoms with Gasteiger partial charge in [0.15, 0.2) is 0 Å². The second-order valence-corrected chi connectivity index (χ2v) is 7.24. The molecule has 126 valence electrons. The zero-order valence-corrected chi connectivity index (χ0v) is 14.6. The zero-order chi connectivity index (χ0) is 17.0. The number of methoxy groups -OCH3 is 1. The Morgan fingerprint density at radius 2 is 2.04 bits per heavy atom. The van der Waals surface area contributed by atoms with Crippen LogP contribution in [0, 0.1) is 6.92 Å². The molecule has 0 aliphatic heterocycles. The van der Waals surface area contributed by atoms with E-state index in [1.165, 1.54) is 7.11 Å². The summed E-state index contributed by atoms with van der Waals surface area (Å²) in [4.78, 5) is 2.03. The minimum atomic E-state index is -3.69. The average molecular weight is 338 g/mol. The third-order valence-electron chi connectivity index (χ3n) is 3.57. The topological polar surface area (TPSA) is 71.8 Å². The highest BCUT2D eigenvalue weighted by molar-refractivity contribution is 7.89. The van der Waals surface area contributed by atoms with Crippen molar-refractivity contribution in [3.8, 4) is 5.75 Å². The van der Waals surface area contributed by atoms with Crippen molar-refractivity contribution in [2.75, 3.05) is 27.7 Å². The van der Waals surface area contributed by atoms with E-state index < -0.39 is 10.0 Å². The van der Waals surface area contributed by atoms with Gasteiger partial charge in [0.25, 0.3) is 0 Å². The lowest BCUT2D eigenvalue weighted by Gasteiger charge is -2.22. The summed E-state index contributed by atoms with van der Waals surface area (Å²) in [6, 6.07) is 8.47. The van der Waals surface area contributed by atoms with Gasteiger partial charge in [-0.25, -0.2) is 13.1 Å². The number of furan rings is 1. The third kappa shape index (κ3) is 4.13. The highest BCUT2D eigenvalue weighted by atomic mass is 32.2. The van der Waals surface area contributed by atoms with Crippen LogP contribution < -0.4 is 9.46 Å². The number of benzene rings is 1. The molecule has 1 aromatic heterocycles. The molecule has 0 bridgehead atoms. The number of hydrogen-bond donors (Lipinski definition) is 1. The molecule has 1 N–H and O–H groups in total. The molecule has 1 atom stereocenters. The summed E-state index contributed by atoms with van der Waals surface area (Å²) in [6.07, 6.45) is 1.57. The Kier molecular flexibility index (Phi) is 5.46. The van der Waals surface area contributed by atoms with Crippen LogP contribution in [0.2, 0.25) is 0 Å². The molecular weight excluding hydrogens is 316 g/mol. The molecule has 2 rings (SSSR count). The summed E-state index contributed by atoms with van der Waals surface area (Å²) in [6.45, 7) is 2.03. The lowest BCUT2D eigenvalue weighted by Crippen LogP contribution is -2.34. The molecule has 0 aliphatic carbocycles. The van der Waals surface area contributed by atoms with E-state index in [4.69, 9.17) is 9.15 Å². The fourth-order valence-corrected chi connectivity index (χ4v) is 3.57. The van der Waals surface area contributed by atoms with Crippen molar-refractivity contribution in [3.63, 3.8) is 0 Å². The van der Waals surface area contributed by atoms with E-state index in [0.29, 0.717) is 11.5 Å². The van der Waals surface area contributed by atoms with Gasteiger partial charge in [-0.2, -0.15) is 0 Å². The molecule has 1 aromatic carbocycles. The summed E-state index contributed by atoms with van der Waals surface area (Å²) in [5.41, 5.74) is 0.848. The molecule has 0 spiro atoms. The number of nitrogens with zero attached hydrogens (tertiary/aromatic N) is 1. The van der Waals surface area contributed by atoms with Gasteiger partial charge in [0.2, 0.25) is 10.0 Å². The van der Waals surface area contributed by atoms with Gasteiger partial charge in [0.1, 0.15) is 16.4 Å². The molecule has 6 nitrogen and oxygen atoms in total. The van der Waals surface area contributed by atoms with Crippen molar-refractivity contribution in [1.82, 2.24) is 9.62 Å². The SMILES string of the molecule is COc1ccc(C)cc1S(=O)(=O)NC[C@@H](c1ccco1)N(C)C. The van der Waals surface area contributed by atoms with E-state index in [1.54, 1.807) is 24.5 Å². The minimum Gasteiger partial charge on any atom is -0.495 e. The molecule has 0 fully saturated rings. The molecular formula is C16H22N2O4S. The molecule has 0 radical (unpaired) electrons. The number of rotatable bonds is 7. The van der Waals surface area contributed by atoms with Crippen LogP contribution >= 0.6 is 0 Å². The normalized spacial score (nSPS) is 13.3. The van der Waals surface area contributed by atoms with Crippen LogP contribution in [0.15, 0.2) is 45.9 Å². The van der Waals surface area contributed by atoms with Crippen molar-refractivity contribution >= 4 is 10.0 Å². The number of hydrogen-bond acceptors (Lipinski definition) is 5. The molecule has 7 heteroatoms. The molecule has 0 aliphatic rings. The minimum absolute atomic E-state index is 0.136. The number of nitrogens with one attached hydrogen (secondary N) is 1. The molecule has 0 saturated heterocycles. The van der Waals surface area contributed by atoms with Crippen molar-refractivity contribution in [2.45, 2.75) is 17.9 Å². The molecule has 2 aromatic rings. The van der Waals surface area contributed by atoms with Crippen LogP contribution in [0.1, 0.15) is 17.4 Å². The Labute approximate surface area is 137 Å². The van der Waals surface area contributed by atoms with Gasteiger partial charge in [-0.05, 0) is 50.8 Å².